The van der Waals surface area contributed by atoms with Gasteiger partial charge in [0.1, 0.15) is 0 Å². The molecule has 0 spiro atoms. The first-order chi connectivity index (χ1) is 6.16. The zero-order valence-corrected chi connectivity index (χ0v) is 8.03. The number of Topliss-reactive ketones (excluding diaryl/α,β-unsaturated/α-hetero) is 1. The first-order valence-electron chi connectivity index (χ1n) is 4.43. The number of imidazole rings is 1. The maximum atomic E-state index is 11.5. The van der Waals surface area contributed by atoms with Crippen LogP contribution in [0.3, 0.4) is 0 Å². The van der Waals surface area contributed by atoms with Crippen molar-refractivity contribution in [1.29, 1.82) is 0 Å². The van der Waals surface area contributed by atoms with E-state index in [1.54, 1.807) is 6.20 Å². The monoisotopic (exact) mass is 181 g/mol. The SMILES string of the molecule is CC(C)n1ccnc1C(=O)CCN. The smallest absolute Gasteiger partial charge is 0.199 e. The van der Waals surface area contributed by atoms with Gasteiger partial charge in [0.15, 0.2) is 11.6 Å². The van der Waals surface area contributed by atoms with Crippen molar-refractivity contribution in [3.05, 3.63) is 18.2 Å². The van der Waals surface area contributed by atoms with Gasteiger partial charge >= 0.3 is 0 Å². The molecule has 4 nitrogen and oxygen atoms in total. The maximum absolute atomic E-state index is 11.5. The Labute approximate surface area is 77.8 Å². The average Bonchev–Trinajstić information content (AvgIpc) is 2.52. The molecular weight excluding hydrogens is 166 g/mol. The molecule has 13 heavy (non-hydrogen) atoms. The zero-order chi connectivity index (χ0) is 9.84. The van der Waals surface area contributed by atoms with Gasteiger partial charge in [-0.15, -0.1) is 0 Å². The van der Waals surface area contributed by atoms with Crippen LogP contribution in [-0.4, -0.2) is 21.9 Å². The topological polar surface area (TPSA) is 60.9 Å². The van der Waals surface area contributed by atoms with Crippen LogP contribution in [0.4, 0.5) is 0 Å². The third-order valence-electron chi connectivity index (χ3n) is 1.85. The third-order valence-corrected chi connectivity index (χ3v) is 1.85. The Bertz CT molecular complexity index is 291. The molecule has 0 amide bonds. The van der Waals surface area contributed by atoms with Crippen LogP contribution in [0.25, 0.3) is 0 Å². The molecule has 4 heteroatoms. The lowest BCUT2D eigenvalue weighted by atomic mass is 10.2. The van der Waals surface area contributed by atoms with Crippen molar-refractivity contribution in [2.45, 2.75) is 26.3 Å². The molecular formula is C9H15N3O. The molecule has 0 saturated heterocycles. The molecule has 0 aliphatic heterocycles. The Kier molecular flexibility index (Phi) is 3.19. The van der Waals surface area contributed by atoms with Gasteiger partial charge in [-0.1, -0.05) is 0 Å². The molecule has 72 valence electrons. The van der Waals surface area contributed by atoms with Crippen molar-refractivity contribution in [1.82, 2.24) is 9.55 Å². The lowest BCUT2D eigenvalue weighted by Gasteiger charge is -2.09. The van der Waals surface area contributed by atoms with Crippen LogP contribution in [0.2, 0.25) is 0 Å². The van der Waals surface area contributed by atoms with Crippen molar-refractivity contribution in [2.24, 2.45) is 5.73 Å². The van der Waals surface area contributed by atoms with Crippen molar-refractivity contribution < 1.29 is 4.79 Å². The summed E-state index contributed by atoms with van der Waals surface area (Å²) in [5, 5.41) is 0. The van der Waals surface area contributed by atoms with Crippen molar-refractivity contribution >= 4 is 5.78 Å². The molecule has 0 radical (unpaired) electrons. The van der Waals surface area contributed by atoms with Crippen LogP contribution in [-0.2, 0) is 0 Å². The fourth-order valence-corrected chi connectivity index (χ4v) is 1.19. The average molecular weight is 181 g/mol. The van der Waals surface area contributed by atoms with Crippen molar-refractivity contribution in [3.63, 3.8) is 0 Å². The third kappa shape index (κ3) is 2.15. The largest absolute Gasteiger partial charge is 0.330 e. The zero-order valence-electron chi connectivity index (χ0n) is 8.03. The summed E-state index contributed by atoms with van der Waals surface area (Å²) in [6, 6.07) is 0.263. The Morgan fingerprint density at radius 1 is 1.69 bits per heavy atom. The van der Waals surface area contributed by atoms with E-state index in [-0.39, 0.29) is 11.8 Å². The summed E-state index contributed by atoms with van der Waals surface area (Å²) in [7, 11) is 0. The second-order valence-corrected chi connectivity index (χ2v) is 3.21. The molecule has 2 N–H and O–H groups in total. The summed E-state index contributed by atoms with van der Waals surface area (Å²) >= 11 is 0. The number of nitrogens with zero attached hydrogens (tertiary/aromatic N) is 2. The number of carbonyl (C=O) groups excluding carboxylic acids is 1. The number of hydrogen-bond acceptors (Lipinski definition) is 3. The van der Waals surface area contributed by atoms with Crippen LogP contribution in [0.15, 0.2) is 12.4 Å². The van der Waals surface area contributed by atoms with Gasteiger partial charge in [0.2, 0.25) is 0 Å². The maximum Gasteiger partial charge on any atom is 0.199 e. The highest BCUT2D eigenvalue weighted by atomic mass is 16.1. The molecule has 0 aliphatic carbocycles. The minimum absolute atomic E-state index is 0.0150. The molecule has 0 aromatic carbocycles. The first kappa shape index (κ1) is 9.92. The molecule has 1 aromatic rings. The summed E-state index contributed by atoms with van der Waals surface area (Å²) < 4.78 is 1.86. The number of ketones is 1. The number of aromatic nitrogens is 2. The molecule has 1 aromatic heterocycles. The predicted octanol–water partition coefficient (Wildman–Crippen LogP) is 0.996. The summed E-state index contributed by atoms with van der Waals surface area (Å²) in [6.07, 6.45) is 3.82. The molecule has 1 heterocycles. The summed E-state index contributed by atoms with van der Waals surface area (Å²) in [4.78, 5) is 15.5. The predicted molar refractivity (Wildman–Crippen MR) is 50.6 cm³/mol. The lowest BCUT2D eigenvalue weighted by molar-refractivity contribution is 0.0969. The van der Waals surface area contributed by atoms with E-state index in [1.807, 2.05) is 24.6 Å². The Morgan fingerprint density at radius 3 is 2.92 bits per heavy atom. The van der Waals surface area contributed by atoms with Crippen LogP contribution < -0.4 is 5.73 Å². The number of carbonyl (C=O) groups is 1. The first-order valence-corrected chi connectivity index (χ1v) is 4.43. The van der Waals surface area contributed by atoms with Gasteiger partial charge in [0, 0.05) is 24.9 Å². The molecule has 0 aliphatic rings. The number of hydrogen-bond donors (Lipinski definition) is 1. The van der Waals surface area contributed by atoms with Gasteiger partial charge in [-0.05, 0) is 20.4 Å². The van der Waals surface area contributed by atoms with E-state index in [0.29, 0.717) is 18.8 Å². The van der Waals surface area contributed by atoms with Gasteiger partial charge in [-0.25, -0.2) is 4.98 Å². The lowest BCUT2D eigenvalue weighted by Crippen LogP contribution is -2.15. The fraction of sp³-hybridized carbons (Fsp3) is 0.556. The minimum Gasteiger partial charge on any atom is -0.330 e. The summed E-state index contributed by atoms with van der Waals surface area (Å²) in [5.41, 5.74) is 5.30. The van der Waals surface area contributed by atoms with Crippen LogP contribution >= 0.6 is 0 Å². The Balaban J connectivity index is 2.87. The second kappa shape index (κ2) is 4.18. The van der Waals surface area contributed by atoms with E-state index in [1.165, 1.54) is 0 Å². The van der Waals surface area contributed by atoms with E-state index in [0.717, 1.165) is 0 Å². The Hall–Kier alpha value is -1.16. The van der Waals surface area contributed by atoms with Crippen LogP contribution in [0.5, 0.6) is 0 Å². The quantitative estimate of drug-likeness (QED) is 0.705. The van der Waals surface area contributed by atoms with Crippen LogP contribution in [0, 0.1) is 0 Å². The summed E-state index contributed by atoms with van der Waals surface area (Å²) in [6.45, 7) is 4.41. The molecule has 0 fully saturated rings. The van der Waals surface area contributed by atoms with Gasteiger partial charge < -0.3 is 10.3 Å². The van der Waals surface area contributed by atoms with Crippen LogP contribution in [0.1, 0.15) is 36.9 Å². The highest BCUT2D eigenvalue weighted by Crippen LogP contribution is 2.09. The number of nitrogens with two attached hydrogens (primary N) is 1. The minimum atomic E-state index is 0.0150. The molecule has 0 unspecified atom stereocenters. The van der Waals surface area contributed by atoms with E-state index in [2.05, 4.69) is 4.98 Å². The Morgan fingerprint density at radius 2 is 2.38 bits per heavy atom. The molecule has 1 rings (SSSR count). The molecule has 0 bridgehead atoms. The van der Waals surface area contributed by atoms with Crippen molar-refractivity contribution in [2.75, 3.05) is 6.54 Å². The van der Waals surface area contributed by atoms with E-state index in [4.69, 9.17) is 5.73 Å². The van der Waals surface area contributed by atoms with Gasteiger partial charge in [-0.2, -0.15) is 0 Å². The van der Waals surface area contributed by atoms with E-state index >= 15 is 0 Å². The standard InChI is InChI=1S/C9H15N3O/c1-7(2)12-6-5-11-9(12)8(13)3-4-10/h5-7H,3-4,10H2,1-2H3. The molecule has 0 saturated carbocycles. The van der Waals surface area contributed by atoms with E-state index < -0.39 is 0 Å². The van der Waals surface area contributed by atoms with E-state index in [9.17, 15) is 4.79 Å². The summed E-state index contributed by atoms with van der Waals surface area (Å²) in [5.74, 6) is 0.529. The highest BCUT2D eigenvalue weighted by Gasteiger charge is 2.12. The normalized spacial score (nSPS) is 10.8. The highest BCUT2D eigenvalue weighted by molar-refractivity contribution is 5.92. The number of rotatable bonds is 4. The van der Waals surface area contributed by atoms with Gasteiger partial charge in [0.25, 0.3) is 0 Å². The van der Waals surface area contributed by atoms with Crippen molar-refractivity contribution in [3.8, 4) is 0 Å². The van der Waals surface area contributed by atoms with Gasteiger partial charge in [0.05, 0.1) is 0 Å². The fourth-order valence-electron chi connectivity index (χ4n) is 1.19. The second-order valence-electron chi connectivity index (χ2n) is 3.21. The molecule has 0 atom stereocenters. The van der Waals surface area contributed by atoms with Gasteiger partial charge in [-0.3, -0.25) is 4.79 Å².